The third kappa shape index (κ3) is 4.50. The summed E-state index contributed by atoms with van der Waals surface area (Å²) in [4.78, 5) is 11.5. The van der Waals surface area contributed by atoms with Crippen LogP contribution in [0.1, 0.15) is 81.6 Å². The molecule has 5 atom stereocenters. The van der Waals surface area contributed by atoms with Gasteiger partial charge in [0.1, 0.15) is 0 Å². The highest BCUT2D eigenvalue weighted by molar-refractivity contribution is 5.70. The molecular weight excluding hydrogens is 360 g/mol. The van der Waals surface area contributed by atoms with Crippen LogP contribution in [0.25, 0.3) is 0 Å². The maximum Gasteiger partial charge on any atom is 0.306 e. The predicted molar refractivity (Wildman–Crippen MR) is 123 cm³/mol. The molecule has 6 aliphatic rings. The summed E-state index contributed by atoms with van der Waals surface area (Å²) in [6.45, 7) is 16.1. The average Bonchev–Trinajstić information content (AvgIpc) is 2.63. The van der Waals surface area contributed by atoms with Crippen LogP contribution in [0, 0.1) is 40.4 Å². The lowest BCUT2D eigenvalue weighted by molar-refractivity contribution is -0.145. The quantitative estimate of drug-likeness (QED) is 0.433. The maximum atomic E-state index is 11.5. The first-order valence-electron chi connectivity index (χ1n) is 10.8. The number of ether oxygens (including phenoxy) is 1. The van der Waals surface area contributed by atoms with Gasteiger partial charge in [-0.3, -0.25) is 4.79 Å². The monoisotopic (exact) mass is 406 g/mol. The van der Waals surface area contributed by atoms with Gasteiger partial charge in [-0.05, 0) is 78.6 Å². The first kappa shape index (κ1) is 25.9. The predicted octanol–water partition coefficient (Wildman–Crippen LogP) is 6.42. The largest absolute Gasteiger partial charge is 0.466 e. The van der Waals surface area contributed by atoms with Gasteiger partial charge < -0.3 is 9.84 Å². The van der Waals surface area contributed by atoms with Crippen LogP contribution in [0.3, 0.4) is 0 Å². The van der Waals surface area contributed by atoms with Crippen molar-refractivity contribution in [2.75, 3.05) is 13.2 Å². The van der Waals surface area contributed by atoms with Crippen molar-refractivity contribution >= 4 is 5.97 Å². The fourth-order valence-corrected chi connectivity index (χ4v) is 6.12. The van der Waals surface area contributed by atoms with Crippen molar-refractivity contribution in [1.82, 2.24) is 0 Å². The van der Waals surface area contributed by atoms with E-state index in [0.29, 0.717) is 41.6 Å². The van der Waals surface area contributed by atoms with Crippen molar-refractivity contribution in [3.63, 3.8) is 0 Å². The number of allylic oxidation sites excluding steroid dienone is 2. The molecule has 4 fully saturated rings. The topological polar surface area (TPSA) is 46.5 Å². The molecule has 168 valence electrons. The molecule has 6 rings (SSSR count). The van der Waals surface area contributed by atoms with E-state index in [9.17, 15) is 4.79 Å². The lowest BCUT2D eigenvalue weighted by atomic mass is 9.45. The van der Waals surface area contributed by atoms with Crippen LogP contribution in [0.5, 0.6) is 0 Å². The molecule has 3 heteroatoms. The number of rotatable bonds is 4. The molecule has 0 heterocycles. The normalized spacial score (nSPS) is 34.5. The van der Waals surface area contributed by atoms with Gasteiger partial charge in [-0.2, -0.15) is 0 Å². The SMILES string of the molecule is C.C.C=C1C(CC(=O)OCC)C[C@H]2C[C@@H]1C2(C)C.CC1(C)[C@H]2CC=C(CO)[C@@H]1C2. The Labute approximate surface area is 180 Å². The fraction of sp³-hybridized carbons (Fsp3) is 0.808. The van der Waals surface area contributed by atoms with Crippen molar-refractivity contribution in [1.29, 1.82) is 0 Å². The second kappa shape index (κ2) is 9.37. The number of aliphatic hydroxyl groups is 1. The van der Waals surface area contributed by atoms with E-state index >= 15 is 0 Å². The minimum absolute atomic E-state index is 0. The zero-order chi connectivity index (χ0) is 20.0. The van der Waals surface area contributed by atoms with Crippen molar-refractivity contribution < 1.29 is 14.6 Å². The van der Waals surface area contributed by atoms with E-state index < -0.39 is 0 Å². The van der Waals surface area contributed by atoms with E-state index in [1.807, 2.05) is 6.92 Å². The summed E-state index contributed by atoms with van der Waals surface area (Å²) in [5, 5.41) is 9.05. The zero-order valence-electron chi connectivity index (χ0n) is 17.9. The molecule has 1 N–H and O–H groups in total. The Morgan fingerprint density at radius 2 is 1.69 bits per heavy atom. The summed E-state index contributed by atoms with van der Waals surface area (Å²) in [5.74, 6) is 3.30. The van der Waals surface area contributed by atoms with E-state index in [4.69, 9.17) is 9.84 Å². The Bertz CT molecular complexity index is 628. The molecule has 6 aliphatic carbocycles. The van der Waals surface area contributed by atoms with Crippen molar-refractivity contribution in [3.05, 3.63) is 23.8 Å². The second-order valence-electron chi connectivity index (χ2n) is 10.3. The number of esters is 1. The molecular formula is C26H46O3. The average molecular weight is 407 g/mol. The van der Waals surface area contributed by atoms with E-state index in [1.165, 1.54) is 30.4 Å². The van der Waals surface area contributed by atoms with Crippen LogP contribution in [-0.2, 0) is 9.53 Å². The first-order chi connectivity index (χ1) is 12.6. The third-order valence-corrected chi connectivity index (χ3v) is 8.50. The van der Waals surface area contributed by atoms with Gasteiger partial charge in [-0.25, -0.2) is 0 Å². The van der Waals surface area contributed by atoms with Crippen molar-refractivity contribution in [3.8, 4) is 0 Å². The molecule has 0 saturated heterocycles. The van der Waals surface area contributed by atoms with Gasteiger partial charge in [0, 0.05) is 0 Å². The highest BCUT2D eigenvalue weighted by atomic mass is 16.5. The maximum absolute atomic E-state index is 11.5. The minimum atomic E-state index is -0.0623. The molecule has 4 saturated carbocycles. The number of hydrogen-bond donors (Lipinski definition) is 1. The molecule has 0 aromatic heterocycles. The fourth-order valence-electron chi connectivity index (χ4n) is 6.12. The van der Waals surface area contributed by atoms with Gasteiger partial charge in [0.05, 0.1) is 19.6 Å². The first-order valence-corrected chi connectivity index (χ1v) is 10.8. The Morgan fingerprint density at radius 1 is 1.10 bits per heavy atom. The van der Waals surface area contributed by atoms with Gasteiger partial charge in [-0.15, -0.1) is 0 Å². The lowest BCUT2D eigenvalue weighted by Crippen LogP contribution is -2.52. The lowest BCUT2D eigenvalue weighted by Gasteiger charge is -2.60. The van der Waals surface area contributed by atoms with Crippen LogP contribution in [0.15, 0.2) is 23.8 Å². The minimum Gasteiger partial charge on any atom is -0.466 e. The highest BCUT2D eigenvalue weighted by Gasteiger charge is 2.54. The molecule has 0 spiro atoms. The van der Waals surface area contributed by atoms with Crippen molar-refractivity contribution in [2.24, 2.45) is 40.4 Å². The Balaban J connectivity index is 0.000000286. The molecule has 0 amide bonds. The van der Waals surface area contributed by atoms with Gasteiger partial charge in [0.15, 0.2) is 0 Å². The number of carbonyl (C=O) groups is 1. The van der Waals surface area contributed by atoms with E-state index in [1.54, 1.807) is 0 Å². The highest BCUT2D eigenvalue weighted by Crippen LogP contribution is 2.63. The standard InChI is InChI=1S/C14H22O2.C10H16O.2CH4/c1-5-16-13(15)7-10-6-11-8-12(9(10)2)14(11,3)4;1-10(2)8-4-3-7(6-11)9(10)5-8;;/h10-12H,2,5-8H2,1,3-4H3;3,8-9,11H,4-6H2,1-2H3;2*1H4/t10?,11-,12-;8-,9-;;/m00../s1. The second-order valence-corrected chi connectivity index (χ2v) is 10.3. The molecule has 4 bridgehead atoms. The summed E-state index contributed by atoms with van der Waals surface area (Å²) in [6.07, 6.45) is 7.70. The number of carbonyl (C=O) groups excluding carboxylic acids is 1. The molecule has 1 unspecified atom stereocenters. The molecule has 3 nitrogen and oxygen atoms in total. The van der Waals surface area contributed by atoms with E-state index in [0.717, 1.165) is 18.3 Å². The van der Waals surface area contributed by atoms with Gasteiger partial charge in [0.2, 0.25) is 0 Å². The van der Waals surface area contributed by atoms with Gasteiger partial charge >= 0.3 is 5.97 Å². The Morgan fingerprint density at radius 3 is 2.10 bits per heavy atom. The van der Waals surface area contributed by atoms with Crippen LogP contribution in [-0.4, -0.2) is 24.3 Å². The molecule has 0 aromatic carbocycles. The van der Waals surface area contributed by atoms with E-state index in [2.05, 4.69) is 40.3 Å². The van der Waals surface area contributed by atoms with Crippen LogP contribution < -0.4 is 0 Å². The van der Waals surface area contributed by atoms with Gasteiger partial charge in [-0.1, -0.05) is 60.8 Å². The smallest absolute Gasteiger partial charge is 0.306 e. The van der Waals surface area contributed by atoms with Gasteiger partial charge in [0.25, 0.3) is 0 Å². The molecule has 0 radical (unpaired) electrons. The number of aliphatic hydroxyl groups excluding tert-OH is 1. The summed E-state index contributed by atoms with van der Waals surface area (Å²) < 4.78 is 5.01. The van der Waals surface area contributed by atoms with Crippen LogP contribution in [0.4, 0.5) is 0 Å². The summed E-state index contributed by atoms with van der Waals surface area (Å²) >= 11 is 0. The van der Waals surface area contributed by atoms with Crippen molar-refractivity contribution in [2.45, 2.75) is 81.6 Å². The molecule has 0 aliphatic heterocycles. The Kier molecular flexibility index (Phi) is 8.38. The number of hydrogen-bond acceptors (Lipinski definition) is 3. The Hall–Kier alpha value is -1.09. The summed E-state index contributed by atoms with van der Waals surface area (Å²) in [5.41, 5.74) is 3.48. The number of fused-ring (bicyclic) bond motifs is 3. The van der Waals surface area contributed by atoms with Crippen LogP contribution in [0.2, 0.25) is 0 Å². The molecule has 29 heavy (non-hydrogen) atoms. The van der Waals surface area contributed by atoms with E-state index in [-0.39, 0.29) is 27.4 Å². The summed E-state index contributed by atoms with van der Waals surface area (Å²) in [6, 6.07) is 0. The van der Waals surface area contributed by atoms with Crippen LogP contribution >= 0.6 is 0 Å². The zero-order valence-corrected chi connectivity index (χ0v) is 17.9. The summed E-state index contributed by atoms with van der Waals surface area (Å²) in [7, 11) is 0. The third-order valence-electron chi connectivity index (χ3n) is 8.50. The molecule has 0 aromatic rings.